The Morgan fingerprint density at radius 3 is 2.11 bits per heavy atom. The topological polar surface area (TPSA) is 65.8 Å². The summed E-state index contributed by atoms with van der Waals surface area (Å²) in [5.41, 5.74) is 0.900. The van der Waals surface area contributed by atoms with Crippen LogP contribution in [0, 0.1) is 0 Å². The highest BCUT2D eigenvalue weighted by Gasteiger charge is 2.18. The summed E-state index contributed by atoms with van der Waals surface area (Å²) < 4.78 is 11.5. The van der Waals surface area contributed by atoms with Gasteiger partial charge < -0.3 is 27.1 Å². The summed E-state index contributed by atoms with van der Waals surface area (Å²) in [4.78, 5) is 0. The highest BCUT2D eigenvalue weighted by molar-refractivity contribution is 5.76. The van der Waals surface area contributed by atoms with E-state index >= 15 is 0 Å². The Labute approximate surface area is 118 Å². The van der Waals surface area contributed by atoms with Crippen LogP contribution in [-0.4, -0.2) is 43.2 Å². The Morgan fingerprint density at radius 2 is 1.63 bits per heavy atom. The van der Waals surface area contributed by atoms with Crippen LogP contribution in [0.3, 0.4) is 0 Å². The zero-order valence-electron chi connectivity index (χ0n) is 10.9. The normalized spacial score (nSPS) is 13.1. The van der Waals surface area contributed by atoms with E-state index in [1.165, 1.54) is 0 Å². The third-order valence-electron chi connectivity index (χ3n) is 2.71. The lowest BCUT2D eigenvalue weighted by atomic mass is 10.2. The van der Waals surface area contributed by atoms with Gasteiger partial charge in [-0.2, -0.15) is 0 Å². The maximum Gasteiger partial charge on any atom is 0.382 e. The van der Waals surface area contributed by atoms with Crippen LogP contribution in [0.4, 0.5) is 0 Å². The number of guanidine groups is 1. The van der Waals surface area contributed by atoms with Gasteiger partial charge in [-0.3, -0.25) is 10.6 Å². The molecule has 3 N–H and O–H groups in total. The predicted octanol–water partition coefficient (Wildman–Crippen LogP) is -2.84. The van der Waals surface area contributed by atoms with Crippen LogP contribution in [0.25, 0.3) is 0 Å². The first kappa shape index (κ1) is 15.2. The smallest absolute Gasteiger partial charge is 0.382 e. The average molecular weight is 288 g/mol. The fourth-order valence-electron chi connectivity index (χ4n) is 1.82. The Kier molecular flexibility index (Phi) is 5.57. The number of nitrogens with zero attached hydrogens (tertiary/aromatic N) is 1. The van der Waals surface area contributed by atoms with Crippen LogP contribution < -0.4 is 32.5 Å². The molecule has 19 heavy (non-hydrogen) atoms. The van der Waals surface area contributed by atoms with Gasteiger partial charge >= 0.3 is 5.96 Å². The molecule has 0 saturated carbocycles. The molecule has 0 radical (unpaired) electrons. The first-order valence-electron chi connectivity index (χ1n) is 5.76. The van der Waals surface area contributed by atoms with Crippen molar-refractivity contribution in [3.63, 3.8) is 0 Å². The molecule has 1 aromatic carbocycles. The minimum atomic E-state index is 0. The molecule has 0 atom stereocenters. The first-order chi connectivity index (χ1) is 8.72. The summed E-state index contributed by atoms with van der Waals surface area (Å²) in [5, 5.41) is 16.0. The molecule has 0 unspecified atom stereocenters. The number of hydrogen-bond donors (Lipinski definition) is 3. The van der Waals surface area contributed by atoms with E-state index in [0.717, 1.165) is 23.4 Å². The van der Waals surface area contributed by atoms with Crippen molar-refractivity contribution in [2.75, 3.05) is 27.3 Å². The van der Waals surface area contributed by atoms with Gasteiger partial charge in [0.25, 0.3) is 0 Å². The van der Waals surface area contributed by atoms with Crippen molar-refractivity contribution in [1.82, 2.24) is 10.6 Å². The van der Waals surface area contributed by atoms with Gasteiger partial charge in [0.15, 0.2) is 0 Å². The summed E-state index contributed by atoms with van der Waals surface area (Å²) >= 11 is 0. The summed E-state index contributed by atoms with van der Waals surface area (Å²) in [6.07, 6.45) is 0. The molecular formula is C12H18ClN3O3. The highest BCUT2D eigenvalue weighted by Crippen LogP contribution is 2.22. The maximum absolute atomic E-state index is 9.92. The SMILES string of the molecule is COc1cc(C[N+](O)=C2NCCN2)cc(OC)c1.[Cl-]. The molecule has 0 aromatic heterocycles. The van der Waals surface area contributed by atoms with Crippen LogP contribution in [0.2, 0.25) is 0 Å². The van der Waals surface area contributed by atoms with Crippen molar-refractivity contribution in [2.45, 2.75) is 6.54 Å². The molecular weight excluding hydrogens is 270 g/mol. The zero-order chi connectivity index (χ0) is 13.0. The monoisotopic (exact) mass is 287 g/mol. The molecule has 0 amide bonds. The van der Waals surface area contributed by atoms with Crippen molar-refractivity contribution < 1.29 is 31.8 Å². The van der Waals surface area contributed by atoms with Gasteiger partial charge in [0.2, 0.25) is 0 Å². The molecule has 0 bridgehead atoms. The van der Waals surface area contributed by atoms with E-state index in [-0.39, 0.29) is 12.4 Å². The molecule has 106 valence electrons. The zero-order valence-corrected chi connectivity index (χ0v) is 11.7. The molecule has 1 heterocycles. The van der Waals surface area contributed by atoms with Crippen LogP contribution in [-0.2, 0) is 6.54 Å². The van der Waals surface area contributed by atoms with E-state index < -0.39 is 0 Å². The minimum absolute atomic E-state index is 0. The molecule has 1 aliphatic rings. The second-order valence-corrected chi connectivity index (χ2v) is 3.98. The average Bonchev–Trinajstić information content (AvgIpc) is 2.92. The van der Waals surface area contributed by atoms with Gasteiger partial charge in [-0.05, 0) is 17.7 Å². The van der Waals surface area contributed by atoms with Gasteiger partial charge in [0, 0.05) is 6.07 Å². The quantitative estimate of drug-likeness (QED) is 0.316. The van der Waals surface area contributed by atoms with Crippen LogP contribution in [0.5, 0.6) is 11.5 Å². The van der Waals surface area contributed by atoms with Gasteiger partial charge in [-0.1, -0.05) is 4.74 Å². The highest BCUT2D eigenvalue weighted by atomic mass is 35.5. The molecule has 0 spiro atoms. The number of benzene rings is 1. The molecule has 1 aliphatic heterocycles. The standard InChI is InChI=1S/C12H17N3O3.ClH/c1-17-10-5-9(6-11(7-10)18-2)8-15(16)12-13-3-4-14-12;/h5-7,16H,3-4,8H2,1-2H3,(H,13,14);1H. The molecule has 6 nitrogen and oxygen atoms in total. The number of methoxy groups -OCH3 is 2. The Morgan fingerprint density at radius 1 is 1.11 bits per heavy atom. The lowest BCUT2D eigenvalue weighted by molar-refractivity contribution is -0.788. The minimum Gasteiger partial charge on any atom is -1.00 e. The van der Waals surface area contributed by atoms with E-state index in [1.807, 2.05) is 12.1 Å². The third-order valence-corrected chi connectivity index (χ3v) is 2.71. The van der Waals surface area contributed by atoms with Crippen molar-refractivity contribution in [2.24, 2.45) is 0 Å². The summed E-state index contributed by atoms with van der Waals surface area (Å²) in [5.74, 6) is 2.03. The summed E-state index contributed by atoms with van der Waals surface area (Å²) in [6.45, 7) is 1.98. The fraction of sp³-hybridized carbons (Fsp3) is 0.417. The number of hydrogen-bond acceptors (Lipinski definition) is 3. The third kappa shape index (κ3) is 3.82. The van der Waals surface area contributed by atoms with E-state index in [2.05, 4.69) is 10.6 Å². The molecule has 0 aliphatic carbocycles. The maximum atomic E-state index is 9.92. The number of rotatable bonds is 4. The van der Waals surface area contributed by atoms with Gasteiger partial charge in [0.1, 0.15) is 18.0 Å². The largest absolute Gasteiger partial charge is 1.00 e. The van der Waals surface area contributed by atoms with Crippen molar-refractivity contribution in [1.29, 1.82) is 0 Å². The van der Waals surface area contributed by atoms with Gasteiger partial charge in [0.05, 0.1) is 27.3 Å². The predicted molar refractivity (Wildman–Crippen MR) is 66.3 cm³/mol. The van der Waals surface area contributed by atoms with E-state index in [1.54, 1.807) is 20.3 Å². The number of nitrogens with one attached hydrogen (secondary N) is 2. The lowest BCUT2D eigenvalue weighted by Crippen LogP contribution is -3.00. The molecule has 2 rings (SSSR count). The summed E-state index contributed by atoms with van der Waals surface area (Å²) in [7, 11) is 3.20. The molecule has 1 fully saturated rings. The Hall–Kier alpha value is -1.82. The molecule has 1 aromatic rings. The fourth-order valence-corrected chi connectivity index (χ4v) is 1.82. The Balaban J connectivity index is 0.00000180. The Bertz CT molecular complexity index is 435. The number of halogens is 1. The molecule has 7 heteroatoms. The molecule has 1 saturated heterocycles. The van der Waals surface area contributed by atoms with Gasteiger partial charge in [-0.25, -0.2) is 0 Å². The number of hydroxylamine groups is 1. The lowest BCUT2D eigenvalue weighted by Gasteiger charge is -2.08. The van der Waals surface area contributed by atoms with Crippen molar-refractivity contribution in [3.8, 4) is 11.5 Å². The van der Waals surface area contributed by atoms with E-state index in [4.69, 9.17) is 9.47 Å². The second kappa shape index (κ2) is 6.94. The summed E-state index contributed by atoms with van der Waals surface area (Å²) in [6, 6.07) is 5.52. The van der Waals surface area contributed by atoms with E-state index in [9.17, 15) is 5.21 Å². The first-order valence-corrected chi connectivity index (χ1v) is 5.76. The second-order valence-electron chi connectivity index (χ2n) is 3.98. The van der Waals surface area contributed by atoms with Crippen LogP contribution in [0.15, 0.2) is 18.2 Å². The van der Waals surface area contributed by atoms with Gasteiger partial charge in [-0.15, -0.1) is 0 Å². The van der Waals surface area contributed by atoms with E-state index in [0.29, 0.717) is 24.0 Å². The van der Waals surface area contributed by atoms with Crippen molar-refractivity contribution >= 4 is 5.96 Å². The van der Waals surface area contributed by atoms with Crippen LogP contribution >= 0.6 is 0 Å². The van der Waals surface area contributed by atoms with Crippen molar-refractivity contribution in [3.05, 3.63) is 23.8 Å². The van der Waals surface area contributed by atoms with Crippen LogP contribution in [0.1, 0.15) is 5.56 Å². The number of ether oxygens (including phenoxy) is 2.